The minimum absolute atomic E-state index is 0. The van der Waals surface area contributed by atoms with Crippen LogP contribution in [-0.2, 0) is 0 Å². The highest BCUT2D eigenvalue weighted by molar-refractivity contribution is 6.01. The fourth-order valence-electron chi connectivity index (χ4n) is 3.33. The molecule has 1 fully saturated rings. The largest absolute Gasteiger partial charge is 0.473 e. The first-order valence-electron chi connectivity index (χ1n) is 9.08. The Balaban J connectivity index is 0.00000150. The molecule has 0 spiro atoms. The van der Waals surface area contributed by atoms with Crippen LogP contribution in [-0.4, -0.2) is 70.9 Å². The summed E-state index contributed by atoms with van der Waals surface area (Å²) >= 11 is 0. The minimum atomic E-state index is -0.954. The fourth-order valence-corrected chi connectivity index (χ4v) is 3.33. The molecule has 0 bridgehead atoms. The van der Waals surface area contributed by atoms with Crippen molar-refractivity contribution in [3.05, 3.63) is 36.5 Å². The van der Waals surface area contributed by atoms with E-state index >= 15 is 0 Å². The zero-order valence-corrected chi connectivity index (χ0v) is 17.4. The van der Waals surface area contributed by atoms with Gasteiger partial charge in [0.25, 0.3) is 0 Å². The highest BCUT2D eigenvalue weighted by atomic mass is 35.5. The SMILES string of the molecule is Cl.Cl.OCC(O)COc1n[nH]c2ncc(-c3ccccc3)c(N3CCNCC3)c12. The molecule has 4 rings (SSSR count). The fraction of sp³-hybridized carbons (Fsp3) is 0.368. The van der Waals surface area contributed by atoms with Crippen LogP contribution in [0.3, 0.4) is 0 Å². The van der Waals surface area contributed by atoms with Crippen molar-refractivity contribution >= 4 is 41.5 Å². The second-order valence-electron chi connectivity index (χ2n) is 6.52. The maximum Gasteiger partial charge on any atom is 0.244 e. The lowest BCUT2D eigenvalue weighted by Gasteiger charge is -2.31. The lowest BCUT2D eigenvalue weighted by Crippen LogP contribution is -2.43. The van der Waals surface area contributed by atoms with Crippen molar-refractivity contribution in [3.8, 4) is 17.0 Å². The Bertz CT molecular complexity index is 904. The predicted molar refractivity (Wildman–Crippen MR) is 117 cm³/mol. The van der Waals surface area contributed by atoms with E-state index in [0.717, 1.165) is 48.4 Å². The van der Waals surface area contributed by atoms with Crippen LogP contribution in [0.2, 0.25) is 0 Å². The van der Waals surface area contributed by atoms with Crippen LogP contribution in [0.5, 0.6) is 5.88 Å². The quantitative estimate of drug-likeness (QED) is 0.460. The van der Waals surface area contributed by atoms with E-state index < -0.39 is 6.10 Å². The van der Waals surface area contributed by atoms with Gasteiger partial charge in [-0.2, -0.15) is 0 Å². The van der Waals surface area contributed by atoms with Gasteiger partial charge in [-0.1, -0.05) is 30.3 Å². The molecule has 1 unspecified atom stereocenters. The number of nitrogens with one attached hydrogen (secondary N) is 2. The van der Waals surface area contributed by atoms with E-state index in [9.17, 15) is 5.11 Å². The molecular formula is C19H25Cl2N5O3. The molecular weight excluding hydrogens is 417 g/mol. The highest BCUT2D eigenvalue weighted by Gasteiger charge is 2.23. The summed E-state index contributed by atoms with van der Waals surface area (Å²) < 4.78 is 5.70. The van der Waals surface area contributed by atoms with E-state index in [1.165, 1.54) is 0 Å². The molecule has 0 radical (unpaired) electrons. The number of aromatic nitrogens is 3. The van der Waals surface area contributed by atoms with Crippen LogP contribution in [0, 0.1) is 0 Å². The van der Waals surface area contributed by atoms with Gasteiger partial charge < -0.3 is 25.2 Å². The number of anilines is 1. The van der Waals surface area contributed by atoms with Gasteiger partial charge in [0.05, 0.1) is 12.3 Å². The Labute approximate surface area is 181 Å². The number of aromatic amines is 1. The number of halogens is 2. The number of H-pyrrole nitrogens is 1. The molecule has 1 saturated heterocycles. The standard InChI is InChI=1S/C19H23N5O3.2ClH/c25-11-14(26)12-27-19-16-17(24-8-6-20-7-9-24)15(10-21-18(16)22-23-19)13-4-2-1-3-5-13;;/h1-5,10,14,20,25-26H,6-9,11-12H2,(H,21,22,23);2*1H. The molecule has 0 amide bonds. The number of pyridine rings is 1. The molecule has 0 aliphatic carbocycles. The van der Waals surface area contributed by atoms with Crippen molar-refractivity contribution < 1.29 is 14.9 Å². The molecule has 29 heavy (non-hydrogen) atoms. The van der Waals surface area contributed by atoms with Gasteiger partial charge in [-0.05, 0) is 5.56 Å². The summed E-state index contributed by atoms with van der Waals surface area (Å²) in [4.78, 5) is 6.84. The van der Waals surface area contributed by atoms with Gasteiger partial charge in [0.15, 0.2) is 5.65 Å². The molecule has 3 heterocycles. The van der Waals surface area contributed by atoms with Gasteiger partial charge in [0.2, 0.25) is 5.88 Å². The first-order valence-corrected chi connectivity index (χ1v) is 9.08. The van der Waals surface area contributed by atoms with Crippen LogP contribution in [0.1, 0.15) is 0 Å². The first kappa shape index (κ1) is 23.2. The molecule has 1 aromatic carbocycles. The number of fused-ring (bicyclic) bond motifs is 1. The third kappa shape index (κ3) is 4.91. The van der Waals surface area contributed by atoms with E-state index in [1.807, 2.05) is 24.4 Å². The van der Waals surface area contributed by atoms with Crippen LogP contribution in [0.25, 0.3) is 22.2 Å². The molecule has 1 aliphatic heterocycles. The molecule has 8 nitrogen and oxygen atoms in total. The summed E-state index contributed by atoms with van der Waals surface area (Å²) in [6.07, 6.45) is 0.907. The second kappa shape index (κ2) is 10.6. The average molecular weight is 442 g/mol. The number of hydrogen-bond acceptors (Lipinski definition) is 7. The monoisotopic (exact) mass is 441 g/mol. The van der Waals surface area contributed by atoms with Crippen LogP contribution >= 0.6 is 24.8 Å². The molecule has 4 N–H and O–H groups in total. The Morgan fingerprint density at radius 3 is 2.55 bits per heavy atom. The van der Waals surface area contributed by atoms with Crippen LogP contribution in [0.15, 0.2) is 36.5 Å². The van der Waals surface area contributed by atoms with Crippen molar-refractivity contribution in [1.29, 1.82) is 0 Å². The number of benzene rings is 1. The van der Waals surface area contributed by atoms with Crippen molar-refractivity contribution in [2.24, 2.45) is 0 Å². The molecule has 3 aromatic rings. The van der Waals surface area contributed by atoms with Crippen molar-refractivity contribution in [1.82, 2.24) is 20.5 Å². The number of hydrogen-bond donors (Lipinski definition) is 4. The Hall–Kier alpha value is -2.10. The number of nitrogens with zero attached hydrogens (tertiary/aromatic N) is 3. The molecule has 1 atom stereocenters. The predicted octanol–water partition coefficient (Wildman–Crippen LogP) is 1.61. The van der Waals surface area contributed by atoms with Gasteiger partial charge >= 0.3 is 0 Å². The van der Waals surface area contributed by atoms with Crippen molar-refractivity contribution in [2.75, 3.05) is 44.3 Å². The third-order valence-electron chi connectivity index (χ3n) is 4.67. The van der Waals surface area contributed by atoms with Crippen LogP contribution < -0.4 is 15.0 Å². The lowest BCUT2D eigenvalue weighted by atomic mass is 10.0. The normalized spacial score (nSPS) is 14.8. The van der Waals surface area contributed by atoms with Crippen LogP contribution in [0.4, 0.5) is 5.69 Å². The molecule has 2 aromatic heterocycles. The smallest absolute Gasteiger partial charge is 0.244 e. The summed E-state index contributed by atoms with van der Waals surface area (Å²) in [6.45, 7) is 3.13. The summed E-state index contributed by atoms with van der Waals surface area (Å²) in [5.74, 6) is 0.385. The number of rotatable bonds is 6. The number of ether oxygens (including phenoxy) is 1. The Morgan fingerprint density at radius 1 is 1.14 bits per heavy atom. The highest BCUT2D eigenvalue weighted by Crippen LogP contribution is 2.40. The summed E-state index contributed by atoms with van der Waals surface area (Å²) in [6, 6.07) is 10.1. The van der Waals surface area contributed by atoms with E-state index in [1.54, 1.807) is 0 Å². The van der Waals surface area contributed by atoms with E-state index in [4.69, 9.17) is 9.84 Å². The van der Waals surface area contributed by atoms with E-state index in [2.05, 4.69) is 37.5 Å². The molecule has 0 saturated carbocycles. The maximum atomic E-state index is 9.63. The molecule has 158 valence electrons. The van der Waals surface area contributed by atoms with Gasteiger partial charge in [-0.3, -0.25) is 5.10 Å². The summed E-state index contributed by atoms with van der Waals surface area (Å²) in [5.41, 5.74) is 3.74. The second-order valence-corrected chi connectivity index (χ2v) is 6.52. The zero-order chi connectivity index (χ0) is 18.6. The van der Waals surface area contributed by atoms with Gasteiger partial charge in [0, 0.05) is 37.9 Å². The molecule has 10 heteroatoms. The van der Waals surface area contributed by atoms with Crippen molar-refractivity contribution in [2.45, 2.75) is 6.10 Å². The van der Waals surface area contributed by atoms with Crippen molar-refractivity contribution in [3.63, 3.8) is 0 Å². The topological polar surface area (TPSA) is 107 Å². The Kier molecular flexibility index (Phi) is 8.48. The third-order valence-corrected chi connectivity index (χ3v) is 4.67. The summed E-state index contributed by atoms with van der Waals surface area (Å²) in [7, 11) is 0. The van der Waals surface area contributed by atoms with E-state index in [-0.39, 0.29) is 38.0 Å². The van der Waals surface area contributed by atoms with Gasteiger partial charge in [-0.25, -0.2) is 4.98 Å². The minimum Gasteiger partial charge on any atom is -0.473 e. The lowest BCUT2D eigenvalue weighted by molar-refractivity contribution is 0.0526. The first-order chi connectivity index (χ1) is 13.3. The van der Waals surface area contributed by atoms with Gasteiger partial charge in [-0.15, -0.1) is 29.9 Å². The Morgan fingerprint density at radius 2 is 1.86 bits per heavy atom. The number of aliphatic hydroxyl groups is 2. The van der Waals surface area contributed by atoms with Gasteiger partial charge in [0.1, 0.15) is 18.1 Å². The number of aliphatic hydroxyl groups excluding tert-OH is 2. The zero-order valence-electron chi connectivity index (χ0n) is 15.7. The maximum absolute atomic E-state index is 9.63. The van der Waals surface area contributed by atoms with E-state index in [0.29, 0.717) is 11.5 Å². The summed E-state index contributed by atoms with van der Waals surface area (Å²) in [5, 5.41) is 30.0. The molecule has 1 aliphatic rings. The number of piperazine rings is 1. The average Bonchev–Trinajstić information content (AvgIpc) is 3.15.